The number of aromatic nitrogens is 1. The second kappa shape index (κ2) is 10.7. The van der Waals surface area contributed by atoms with Gasteiger partial charge in [-0.15, -0.1) is 0 Å². The van der Waals surface area contributed by atoms with Crippen molar-refractivity contribution in [1.29, 1.82) is 0 Å². The molecule has 0 radical (unpaired) electrons. The summed E-state index contributed by atoms with van der Waals surface area (Å²) in [5.74, 6) is -1.88. The van der Waals surface area contributed by atoms with E-state index in [9.17, 15) is 18.3 Å². The van der Waals surface area contributed by atoms with E-state index >= 15 is 8.78 Å². The molecule has 1 fully saturated rings. The summed E-state index contributed by atoms with van der Waals surface area (Å²) in [6.07, 6.45) is -1.92. The lowest BCUT2D eigenvalue weighted by molar-refractivity contribution is -0.00641. The second-order valence-electron chi connectivity index (χ2n) is 10.4. The average Bonchev–Trinajstić information content (AvgIpc) is 3.22. The predicted octanol–water partition coefficient (Wildman–Crippen LogP) is 5.41. The number of aromatic amines is 1. The minimum absolute atomic E-state index is 0.133. The number of para-hydroxylation sites is 1. The number of benzene rings is 2. The van der Waals surface area contributed by atoms with E-state index in [2.05, 4.69) is 4.98 Å². The molecule has 200 valence electrons. The van der Waals surface area contributed by atoms with Crippen LogP contribution in [0.3, 0.4) is 0 Å². The number of likely N-dealkylation sites (tertiary alicyclic amines) is 1. The minimum Gasteiger partial charge on any atom is -0.388 e. The van der Waals surface area contributed by atoms with E-state index in [1.54, 1.807) is 4.90 Å². The van der Waals surface area contributed by atoms with Crippen molar-refractivity contribution in [3.8, 4) is 0 Å². The van der Waals surface area contributed by atoms with E-state index in [0.717, 1.165) is 28.6 Å². The van der Waals surface area contributed by atoms with Crippen molar-refractivity contribution in [2.24, 2.45) is 5.92 Å². The fourth-order valence-electron chi connectivity index (χ4n) is 5.96. The molecule has 3 heterocycles. The monoisotopic (exact) mass is 521 g/mol. The van der Waals surface area contributed by atoms with Crippen LogP contribution in [0.2, 0.25) is 0 Å². The molecule has 3 aromatic rings. The van der Waals surface area contributed by atoms with Gasteiger partial charge in [-0.25, -0.2) is 17.6 Å². The maximum Gasteiger partial charge on any atom is 0.141 e. The summed E-state index contributed by atoms with van der Waals surface area (Å²) >= 11 is 0. The Hall–Kier alpha value is -2.49. The highest BCUT2D eigenvalue weighted by Crippen LogP contribution is 2.43. The van der Waals surface area contributed by atoms with Crippen LogP contribution in [0, 0.1) is 17.6 Å². The number of H-pyrrole nitrogens is 1. The van der Waals surface area contributed by atoms with Crippen molar-refractivity contribution in [3.05, 3.63) is 70.4 Å². The van der Waals surface area contributed by atoms with Gasteiger partial charge in [0.15, 0.2) is 0 Å². The molecule has 0 bridgehead atoms. The second-order valence-corrected chi connectivity index (χ2v) is 10.4. The van der Waals surface area contributed by atoms with E-state index in [1.807, 2.05) is 36.1 Å². The fourth-order valence-corrected chi connectivity index (χ4v) is 5.96. The highest BCUT2D eigenvalue weighted by atomic mass is 19.2. The molecule has 0 saturated carbocycles. The Morgan fingerprint density at radius 3 is 2.49 bits per heavy atom. The van der Waals surface area contributed by atoms with Gasteiger partial charge >= 0.3 is 0 Å². The van der Waals surface area contributed by atoms with Gasteiger partial charge in [-0.3, -0.25) is 9.29 Å². The first-order chi connectivity index (χ1) is 17.8. The molecular weight excluding hydrogens is 489 g/mol. The van der Waals surface area contributed by atoms with Crippen molar-refractivity contribution in [2.45, 2.75) is 44.1 Å². The number of halogens is 5. The summed E-state index contributed by atoms with van der Waals surface area (Å²) in [5.41, 5.74) is 2.17. The largest absolute Gasteiger partial charge is 0.388 e. The Labute approximate surface area is 213 Å². The normalized spacial score (nSPS) is 22.7. The average molecular weight is 522 g/mol. The Bertz CT molecular complexity index is 1220. The smallest absolute Gasteiger partial charge is 0.141 e. The van der Waals surface area contributed by atoms with Crippen LogP contribution in [0.4, 0.5) is 22.0 Å². The number of rotatable bonds is 9. The van der Waals surface area contributed by atoms with E-state index < -0.39 is 43.3 Å². The van der Waals surface area contributed by atoms with Crippen LogP contribution in [-0.4, -0.2) is 71.6 Å². The Kier molecular flexibility index (Phi) is 7.56. The lowest BCUT2D eigenvalue weighted by Crippen LogP contribution is -2.49. The van der Waals surface area contributed by atoms with Crippen molar-refractivity contribution in [3.63, 3.8) is 0 Å². The van der Waals surface area contributed by atoms with Crippen LogP contribution in [0.1, 0.15) is 47.9 Å². The van der Waals surface area contributed by atoms with Crippen molar-refractivity contribution in [1.82, 2.24) is 14.8 Å². The molecule has 1 unspecified atom stereocenters. The molecule has 2 aliphatic heterocycles. The Balaban J connectivity index is 1.51. The molecule has 37 heavy (non-hydrogen) atoms. The van der Waals surface area contributed by atoms with Crippen LogP contribution >= 0.6 is 0 Å². The van der Waals surface area contributed by atoms with Crippen molar-refractivity contribution < 1.29 is 27.1 Å². The van der Waals surface area contributed by atoms with Crippen LogP contribution in [-0.2, 0) is 6.42 Å². The maximum absolute atomic E-state index is 15.7. The van der Waals surface area contributed by atoms with Crippen LogP contribution < -0.4 is 0 Å². The Morgan fingerprint density at radius 1 is 1.11 bits per heavy atom. The molecule has 2 aliphatic rings. The zero-order valence-electron chi connectivity index (χ0n) is 20.7. The van der Waals surface area contributed by atoms with Crippen LogP contribution in [0.15, 0.2) is 36.4 Å². The summed E-state index contributed by atoms with van der Waals surface area (Å²) in [4.78, 5) is 6.89. The number of hydrogen-bond acceptors (Lipinski definition) is 3. The quantitative estimate of drug-likeness (QED) is 0.370. The van der Waals surface area contributed by atoms with Gasteiger partial charge in [-0.1, -0.05) is 18.2 Å². The zero-order valence-corrected chi connectivity index (χ0v) is 20.7. The van der Waals surface area contributed by atoms with Gasteiger partial charge in [0.1, 0.15) is 24.5 Å². The number of fused-ring (bicyclic) bond motifs is 3. The zero-order chi connectivity index (χ0) is 26.3. The highest BCUT2D eigenvalue weighted by molar-refractivity contribution is 5.85. The number of hydrogen-bond donors (Lipinski definition) is 2. The summed E-state index contributed by atoms with van der Waals surface area (Å²) < 4.78 is 71.4. The third-order valence-corrected chi connectivity index (χ3v) is 7.85. The first-order valence-corrected chi connectivity index (χ1v) is 12.8. The van der Waals surface area contributed by atoms with Crippen molar-refractivity contribution in [2.75, 3.05) is 39.5 Å². The van der Waals surface area contributed by atoms with E-state index in [4.69, 9.17) is 0 Å². The van der Waals surface area contributed by atoms with Gasteiger partial charge < -0.3 is 15.0 Å². The highest BCUT2D eigenvalue weighted by Gasteiger charge is 2.40. The van der Waals surface area contributed by atoms with Gasteiger partial charge in [-0.05, 0) is 49.1 Å². The third-order valence-electron chi connectivity index (χ3n) is 7.85. The molecule has 0 amide bonds. The predicted molar refractivity (Wildman–Crippen MR) is 133 cm³/mol. The Morgan fingerprint density at radius 2 is 1.81 bits per heavy atom. The van der Waals surface area contributed by atoms with Crippen LogP contribution in [0.5, 0.6) is 0 Å². The summed E-state index contributed by atoms with van der Waals surface area (Å²) in [6, 6.07) is 8.58. The first-order valence-electron chi connectivity index (χ1n) is 12.8. The van der Waals surface area contributed by atoms with Gasteiger partial charge in [0.2, 0.25) is 0 Å². The summed E-state index contributed by atoms with van der Waals surface area (Å²) in [6.45, 7) is 1.58. The topological polar surface area (TPSA) is 42.5 Å². The molecule has 5 rings (SSSR count). The van der Waals surface area contributed by atoms with Gasteiger partial charge in [-0.2, -0.15) is 0 Å². The molecule has 9 heteroatoms. The number of nitrogens with one attached hydrogen (secondary N) is 1. The van der Waals surface area contributed by atoms with Crippen LogP contribution in [0.25, 0.3) is 10.9 Å². The van der Waals surface area contributed by atoms with Gasteiger partial charge in [0, 0.05) is 60.3 Å². The molecule has 1 saturated heterocycles. The molecule has 2 N–H and O–H groups in total. The first kappa shape index (κ1) is 26.1. The molecule has 2 aromatic carbocycles. The lowest BCUT2D eigenvalue weighted by Gasteiger charge is -2.42. The van der Waals surface area contributed by atoms with Gasteiger partial charge in [0.25, 0.3) is 0 Å². The van der Waals surface area contributed by atoms with E-state index in [0.29, 0.717) is 38.2 Å². The number of aliphatic hydroxyl groups is 1. The molecule has 1 aromatic heterocycles. The molecule has 4 atom stereocenters. The third kappa shape index (κ3) is 4.89. The standard InChI is InChI=1S/C28H32F5N3O/c1-16-9-21-20-5-2-3-6-24(20)34-26(21)27(36(16)15-19(31)12-30)25-22(32)10-17(11-23(25)33)28(37)18-13-35(14-18)8-4-7-29/h2-3,5-6,10-11,16,18-19,27-28,34,37H,4,7-9,12-15H2,1H3/t16-,19?,27-,28-/m1/s1. The number of nitrogens with zero attached hydrogens (tertiary/aromatic N) is 2. The summed E-state index contributed by atoms with van der Waals surface area (Å²) in [5, 5.41) is 11.7. The van der Waals surface area contributed by atoms with Gasteiger partial charge in [0.05, 0.1) is 18.8 Å². The fraction of sp³-hybridized carbons (Fsp3) is 0.500. The molecule has 0 spiro atoms. The molecular formula is C28H32F5N3O. The van der Waals surface area contributed by atoms with E-state index in [1.165, 1.54) is 0 Å². The summed E-state index contributed by atoms with van der Waals surface area (Å²) in [7, 11) is 0. The lowest BCUT2D eigenvalue weighted by atomic mass is 9.85. The number of alkyl halides is 3. The number of aliphatic hydroxyl groups excluding tert-OH is 1. The van der Waals surface area contributed by atoms with Crippen molar-refractivity contribution >= 4 is 10.9 Å². The minimum atomic E-state index is -1.79. The molecule has 0 aliphatic carbocycles. The van der Waals surface area contributed by atoms with E-state index in [-0.39, 0.29) is 29.6 Å². The molecule has 4 nitrogen and oxygen atoms in total. The maximum atomic E-state index is 15.7. The SMILES string of the molecule is C[C@@H]1Cc2c([nH]c3ccccc23)[C@@H](c2c(F)cc([C@@H](O)C3CN(CCCF)C3)cc2F)N1CC(F)CF.